The van der Waals surface area contributed by atoms with Crippen LogP contribution in [0.4, 0.5) is 0 Å². The van der Waals surface area contributed by atoms with Crippen molar-refractivity contribution in [3.05, 3.63) is 0 Å². The molecule has 2 unspecified atom stereocenters. The lowest BCUT2D eigenvalue weighted by Gasteiger charge is -2.38. The zero-order chi connectivity index (χ0) is 10.1. The Kier molecular flexibility index (Phi) is 2.74. The number of amides is 1. The second-order valence-electron chi connectivity index (χ2n) is 4.40. The van der Waals surface area contributed by atoms with Gasteiger partial charge in [0.1, 0.15) is 0 Å². The van der Waals surface area contributed by atoms with Crippen LogP contribution in [0.1, 0.15) is 19.8 Å². The molecule has 2 saturated heterocycles. The normalized spacial score (nSPS) is 30.1. The number of fused-ring (bicyclic) bond motifs is 1. The summed E-state index contributed by atoms with van der Waals surface area (Å²) < 4.78 is 0. The first kappa shape index (κ1) is 9.93. The third-order valence-corrected chi connectivity index (χ3v) is 3.29. The molecule has 0 spiro atoms. The van der Waals surface area contributed by atoms with E-state index in [-0.39, 0.29) is 11.9 Å². The van der Waals surface area contributed by atoms with Gasteiger partial charge >= 0.3 is 0 Å². The molecule has 0 radical (unpaired) electrons. The molecule has 0 aliphatic carbocycles. The Hall–Kier alpha value is -0.610. The van der Waals surface area contributed by atoms with Crippen LogP contribution in [-0.4, -0.2) is 54.0 Å². The van der Waals surface area contributed by atoms with Crippen molar-refractivity contribution in [2.75, 3.05) is 26.2 Å². The summed E-state index contributed by atoms with van der Waals surface area (Å²) in [5.74, 6) is 0.108. The van der Waals surface area contributed by atoms with E-state index in [4.69, 9.17) is 5.73 Å². The average Bonchev–Trinajstić information content (AvgIpc) is 2.62. The number of rotatable bonds is 1. The van der Waals surface area contributed by atoms with Gasteiger partial charge in [0.25, 0.3) is 0 Å². The Balaban J connectivity index is 1.94. The number of carbonyl (C=O) groups excluding carboxylic acids is 1. The van der Waals surface area contributed by atoms with Crippen LogP contribution in [0.25, 0.3) is 0 Å². The Bertz CT molecular complexity index is 229. The molecular formula is C10H19N3O. The maximum Gasteiger partial charge on any atom is 0.239 e. The highest BCUT2D eigenvalue weighted by atomic mass is 16.2. The predicted octanol–water partition coefficient (Wildman–Crippen LogP) is -0.360. The first-order valence-corrected chi connectivity index (χ1v) is 5.47. The Morgan fingerprint density at radius 3 is 2.93 bits per heavy atom. The van der Waals surface area contributed by atoms with Crippen molar-refractivity contribution in [3.8, 4) is 0 Å². The summed E-state index contributed by atoms with van der Waals surface area (Å²) in [5.41, 5.74) is 5.60. The quantitative estimate of drug-likeness (QED) is 0.624. The zero-order valence-corrected chi connectivity index (χ0v) is 8.78. The molecule has 0 aromatic rings. The Morgan fingerprint density at radius 2 is 2.21 bits per heavy atom. The van der Waals surface area contributed by atoms with Gasteiger partial charge < -0.3 is 10.6 Å². The van der Waals surface area contributed by atoms with Crippen molar-refractivity contribution in [2.45, 2.75) is 31.8 Å². The molecule has 2 fully saturated rings. The van der Waals surface area contributed by atoms with E-state index in [2.05, 4.69) is 4.90 Å². The molecule has 0 aromatic carbocycles. The van der Waals surface area contributed by atoms with Crippen molar-refractivity contribution >= 4 is 5.91 Å². The van der Waals surface area contributed by atoms with E-state index in [9.17, 15) is 4.79 Å². The smallest absolute Gasteiger partial charge is 0.239 e. The lowest BCUT2D eigenvalue weighted by molar-refractivity contribution is -0.134. The maximum atomic E-state index is 11.7. The summed E-state index contributed by atoms with van der Waals surface area (Å²) in [6.07, 6.45) is 2.52. The number of nitrogens with zero attached hydrogens (tertiary/aromatic N) is 2. The van der Waals surface area contributed by atoms with Crippen LogP contribution in [0.5, 0.6) is 0 Å². The van der Waals surface area contributed by atoms with E-state index in [0.717, 1.165) is 19.6 Å². The molecule has 0 bridgehead atoms. The van der Waals surface area contributed by atoms with Gasteiger partial charge in [-0.25, -0.2) is 0 Å². The molecule has 0 aromatic heterocycles. The van der Waals surface area contributed by atoms with Gasteiger partial charge in [0, 0.05) is 25.7 Å². The number of hydrogen-bond acceptors (Lipinski definition) is 3. The molecule has 0 saturated carbocycles. The number of hydrogen-bond donors (Lipinski definition) is 1. The number of piperazine rings is 1. The van der Waals surface area contributed by atoms with E-state index in [0.29, 0.717) is 6.04 Å². The molecule has 2 atom stereocenters. The molecule has 2 rings (SSSR count). The topological polar surface area (TPSA) is 49.6 Å². The second-order valence-corrected chi connectivity index (χ2v) is 4.40. The van der Waals surface area contributed by atoms with Crippen molar-refractivity contribution < 1.29 is 4.79 Å². The monoisotopic (exact) mass is 197 g/mol. The van der Waals surface area contributed by atoms with E-state index in [1.807, 2.05) is 4.90 Å². The lowest BCUT2D eigenvalue weighted by Crippen LogP contribution is -2.55. The van der Waals surface area contributed by atoms with Gasteiger partial charge in [0.05, 0.1) is 6.04 Å². The fraction of sp³-hybridized carbons (Fsp3) is 0.900. The lowest BCUT2D eigenvalue weighted by atomic mass is 10.1. The molecule has 1 amide bonds. The van der Waals surface area contributed by atoms with Gasteiger partial charge in [0.2, 0.25) is 5.91 Å². The zero-order valence-electron chi connectivity index (χ0n) is 8.78. The van der Waals surface area contributed by atoms with Crippen molar-refractivity contribution in [1.29, 1.82) is 0 Å². The molecule has 80 valence electrons. The van der Waals surface area contributed by atoms with Crippen molar-refractivity contribution in [2.24, 2.45) is 5.73 Å². The van der Waals surface area contributed by atoms with E-state index in [1.165, 1.54) is 19.4 Å². The number of carbonyl (C=O) groups is 1. The maximum absolute atomic E-state index is 11.7. The van der Waals surface area contributed by atoms with Crippen LogP contribution >= 0.6 is 0 Å². The summed E-state index contributed by atoms with van der Waals surface area (Å²) in [5, 5.41) is 0. The first-order chi connectivity index (χ1) is 6.68. The average molecular weight is 197 g/mol. The first-order valence-electron chi connectivity index (χ1n) is 5.47. The summed E-state index contributed by atoms with van der Waals surface area (Å²) in [7, 11) is 0. The largest absolute Gasteiger partial charge is 0.339 e. The molecule has 2 aliphatic rings. The second kappa shape index (κ2) is 3.87. The van der Waals surface area contributed by atoms with Crippen LogP contribution in [0.15, 0.2) is 0 Å². The Morgan fingerprint density at radius 1 is 1.43 bits per heavy atom. The Labute approximate surface area is 85.0 Å². The van der Waals surface area contributed by atoms with Crippen LogP contribution in [0.2, 0.25) is 0 Å². The molecule has 4 heteroatoms. The summed E-state index contributed by atoms with van der Waals surface area (Å²) in [6.45, 7) is 5.76. The fourth-order valence-corrected chi connectivity index (χ4v) is 2.48. The minimum absolute atomic E-state index is 0.108. The minimum atomic E-state index is -0.344. The SMILES string of the molecule is CC(N)C(=O)N1CCN2CCCC2C1. The van der Waals surface area contributed by atoms with Gasteiger partial charge in [-0.05, 0) is 26.3 Å². The third kappa shape index (κ3) is 1.77. The molecule has 14 heavy (non-hydrogen) atoms. The van der Waals surface area contributed by atoms with E-state index < -0.39 is 0 Å². The number of nitrogens with two attached hydrogens (primary N) is 1. The molecule has 4 nitrogen and oxygen atoms in total. The highest BCUT2D eigenvalue weighted by molar-refractivity contribution is 5.81. The fourth-order valence-electron chi connectivity index (χ4n) is 2.48. The highest BCUT2D eigenvalue weighted by Crippen LogP contribution is 2.21. The van der Waals surface area contributed by atoms with Crippen LogP contribution in [-0.2, 0) is 4.79 Å². The standard InChI is InChI=1S/C10H19N3O/c1-8(11)10(14)13-6-5-12-4-2-3-9(12)7-13/h8-9H,2-7,11H2,1H3. The predicted molar refractivity (Wildman–Crippen MR) is 54.8 cm³/mol. The summed E-state index contributed by atoms with van der Waals surface area (Å²) >= 11 is 0. The van der Waals surface area contributed by atoms with Gasteiger partial charge in [-0.15, -0.1) is 0 Å². The van der Waals surface area contributed by atoms with Gasteiger partial charge in [-0.3, -0.25) is 9.69 Å². The van der Waals surface area contributed by atoms with Gasteiger partial charge in [0.15, 0.2) is 0 Å². The van der Waals surface area contributed by atoms with E-state index in [1.54, 1.807) is 6.92 Å². The van der Waals surface area contributed by atoms with Crippen LogP contribution in [0.3, 0.4) is 0 Å². The van der Waals surface area contributed by atoms with Crippen LogP contribution < -0.4 is 5.73 Å². The van der Waals surface area contributed by atoms with Crippen LogP contribution in [0, 0.1) is 0 Å². The molecular weight excluding hydrogens is 178 g/mol. The third-order valence-electron chi connectivity index (χ3n) is 3.29. The molecule has 2 heterocycles. The summed E-state index contributed by atoms with van der Waals surface area (Å²) in [4.78, 5) is 16.1. The van der Waals surface area contributed by atoms with Crippen molar-refractivity contribution in [3.63, 3.8) is 0 Å². The molecule has 2 N–H and O–H groups in total. The van der Waals surface area contributed by atoms with E-state index >= 15 is 0 Å². The van der Waals surface area contributed by atoms with Gasteiger partial charge in [-0.1, -0.05) is 0 Å². The minimum Gasteiger partial charge on any atom is -0.339 e. The van der Waals surface area contributed by atoms with Gasteiger partial charge in [-0.2, -0.15) is 0 Å². The molecule has 2 aliphatic heterocycles. The summed E-state index contributed by atoms with van der Waals surface area (Å²) in [6, 6.07) is 0.259. The van der Waals surface area contributed by atoms with Crippen molar-refractivity contribution in [1.82, 2.24) is 9.80 Å². The highest BCUT2D eigenvalue weighted by Gasteiger charge is 2.32.